The molecule has 3 aromatic rings. The van der Waals surface area contributed by atoms with E-state index in [4.69, 9.17) is 9.47 Å². The molecule has 0 saturated carbocycles. The van der Waals surface area contributed by atoms with E-state index in [1.54, 1.807) is 6.07 Å². The van der Waals surface area contributed by atoms with Gasteiger partial charge in [-0.3, -0.25) is 0 Å². The number of carboxylic acid groups (broad SMARTS) is 1. The summed E-state index contributed by atoms with van der Waals surface area (Å²) < 4.78 is 49.6. The predicted molar refractivity (Wildman–Crippen MR) is 117 cm³/mol. The van der Waals surface area contributed by atoms with Crippen molar-refractivity contribution in [2.75, 3.05) is 14.2 Å². The van der Waals surface area contributed by atoms with Crippen LogP contribution in [0.15, 0.2) is 36.4 Å². The lowest BCUT2D eigenvalue weighted by molar-refractivity contribution is -0.137. The van der Waals surface area contributed by atoms with Crippen LogP contribution in [-0.4, -0.2) is 25.3 Å². The van der Waals surface area contributed by atoms with Crippen LogP contribution in [0, 0.1) is 6.92 Å². The summed E-state index contributed by atoms with van der Waals surface area (Å²) >= 11 is 0. The predicted octanol–water partition coefficient (Wildman–Crippen LogP) is 6.60. The van der Waals surface area contributed by atoms with E-state index in [0.29, 0.717) is 23.1 Å². The molecule has 32 heavy (non-hydrogen) atoms. The lowest BCUT2D eigenvalue weighted by Gasteiger charge is -2.22. The first-order chi connectivity index (χ1) is 15.0. The molecule has 170 valence electrons. The molecule has 0 heterocycles. The molecule has 0 aliphatic rings. The van der Waals surface area contributed by atoms with Gasteiger partial charge in [-0.25, -0.2) is 4.79 Å². The molecule has 4 nitrogen and oxygen atoms in total. The minimum Gasteiger partial charge on any atom is -0.493 e. The first-order valence-corrected chi connectivity index (χ1v) is 10.1. The molecule has 7 heteroatoms. The smallest absolute Gasteiger partial charge is 0.416 e. The molecule has 0 fully saturated rings. The summed E-state index contributed by atoms with van der Waals surface area (Å²) in [7, 11) is 2.88. The maximum atomic E-state index is 12.9. The van der Waals surface area contributed by atoms with Crippen molar-refractivity contribution in [2.24, 2.45) is 0 Å². The minimum atomic E-state index is -4.39. The van der Waals surface area contributed by atoms with Gasteiger partial charge in [-0.05, 0) is 59.5 Å². The number of hydrogen-bond acceptors (Lipinski definition) is 3. The number of halogens is 3. The van der Waals surface area contributed by atoms with Crippen LogP contribution in [0.3, 0.4) is 0 Å². The fraction of sp³-hybridized carbons (Fsp3) is 0.320. The minimum absolute atomic E-state index is 0.00239. The third-order valence-corrected chi connectivity index (χ3v) is 5.59. The fourth-order valence-corrected chi connectivity index (χ4v) is 4.07. The van der Waals surface area contributed by atoms with E-state index in [1.165, 1.54) is 26.4 Å². The van der Waals surface area contributed by atoms with Gasteiger partial charge in [-0.2, -0.15) is 13.2 Å². The van der Waals surface area contributed by atoms with Crippen LogP contribution in [0.1, 0.15) is 57.9 Å². The van der Waals surface area contributed by atoms with Crippen molar-refractivity contribution in [1.82, 2.24) is 0 Å². The number of alkyl halides is 3. The molecule has 0 aliphatic carbocycles. The van der Waals surface area contributed by atoms with Crippen molar-refractivity contribution in [2.45, 2.75) is 39.3 Å². The molecule has 0 aliphatic heterocycles. The number of carboxylic acids is 1. The van der Waals surface area contributed by atoms with E-state index >= 15 is 0 Å². The van der Waals surface area contributed by atoms with Crippen molar-refractivity contribution < 1.29 is 32.5 Å². The monoisotopic (exact) mass is 446 g/mol. The van der Waals surface area contributed by atoms with Gasteiger partial charge in [0.2, 0.25) is 0 Å². The number of aromatic carboxylic acids is 1. The summed E-state index contributed by atoms with van der Waals surface area (Å²) in [5.41, 5.74) is 2.56. The summed E-state index contributed by atoms with van der Waals surface area (Å²) in [6.07, 6.45) is -4.03. The molecule has 0 unspecified atom stereocenters. The maximum Gasteiger partial charge on any atom is 0.416 e. The Morgan fingerprint density at radius 1 is 1.00 bits per heavy atom. The van der Waals surface area contributed by atoms with Crippen molar-refractivity contribution in [3.05, 3.63) is 69.8 Å². The number of benzene rings is 3. The van der Waals surface area contributed by atoms with Gasteiger partial charge in [-0.1, -0.05) is 32.0 Å². The van der Waals surface area contributed by atoms with Gasteiger partial charge in [0, 0.05) is 10.9 Å². The van der Waals surface area contributed by atoms with Crippen LogP contribution in [0.5, 0.6) is 11.5 Å². The standard InChI is InChI=1S/C25H25F3O4/c1-13(2)20-18-10-14(3)16(11-15-6-8-17(9-7-15)25(26,27)28)12-19(18)21(24(29)30)23(32-5)22(20)31-4/h6-10,12-13H,11H2,1-5H3,(H,29,30). The van der Waals surface area contributed by atoms with Gasteiger partial charge in [0.15, 0.2) is 11.5 Å². The highest BCUT2D eigenvalue weighted by molar-refractivity contribution is 6.09. The van der Waals surface area contributed by atoms with Crippen molar-refractivity contribution >= 4 is 16.7 Å². The van der Waals surface area contributed by atoms with Crippen molar-refractivity contribution in [1.29, 1.82) is 0 Å². The Bertz CT molecular complexity index is 1160. The molecular formula is C25H25F3O4. The Balaban J connectivity index is 2.23. The molecule has 0 radical (unpaired) electrons. The number of carbonyl (C=O) groups is 1. The number of hydrogen-bond donors (Lipinski definition) is 1. The number of aryl methyl sites for hydroxylation is 1. The second kappa shape index (κ2) is 8.73. The zero-order valence-electron chi connectivity index (χ0n) is 18.6. The van der Waals surface area contributed by atoms with Crippen LogP contribution in [0.25, 0.3) is 10.8 Å². The normalized spacial score (nSPS) is 11.8. The first kappa shape index (κ1) is 23.4. The Kier molecular flexibility index (Phi) is 6.39. The van der Waals surface area contributed by atoms with E-state index in [-0.39, 0.29) is 17.2 Å². The number of methoxy groups -OCH3 is 2. The quantitative estimate of drug-likeness (QED) is 0.464. The Hall–Kier alpha value is -3.22. The van der Waals surface area contributed by atoms with Crippen LogP contribution in [-0.2, 0) is 12.6 Å². The van der Waals surface area contributed by atoms with E-state index in [1.807, 2.05) is 26.8 Å². The summed E-state index contributed by atoms with van der Waals surface area (Å²) in [4.78, 5) is 12.2. The van der Waals surface area contributed by atoms with Gasteiger partial charge in [-0.15, -0.1) is 0 Å². The van der Waals surface area contributed by atoms with Crippen LogP contribution in [0.2, 0.25) is 0 Å². The first-order valence-electron chi connectivity index (χ1n) is 10.1. The molecule has 1 N–H and O–H groups in total. The van der Waals surface area contributed by atoms with Crippen LogP contribution in [0.4, 0.5) is 13.2 Å². The molecule has 3 rings (SSSR count). The second-order valence-electron chi connectivity index (χ2n) is 8.01. The zero-order chi connectivity index (χ0) is 23.8. The third-order valence-electron chi connectivity index (χ3n) is 5.59. The molecular weight excluding hydrogens is 421 g/mol. The Morgan fingerprint density at radius 3 is 2.06 bits per heavy atom. The van der Waals surface area contributed by atoms with Crippen LogP contribution < -0.4 is 9.47 Å². The zero-order valence-corrected chi connectivity index (χ0v) is 18.6. The molecule has 0 aromatic heterocycles. The number of ether oxygens (including phenoxy) is 2. The Morgan fingerprint density at radius 2 is 1.59 bits per heavy atom. The number of rotatable bonds is 6. The van der Waals surface area contributed by atoms with Gasteiger partial charge in [0.25, 0.3) is 0 Å². The van der Waals surface area contributed by atoms with Crippen LogP contribution >= 0.6 is 0 Å². The molecule has 0 saturated heterocycles. The molecule has 0 bridgehead atoms. The Labute approximate surface area is 184 Å². The van der Waals surface area contributed by atoms with Crippen molar-refractivity contribution in [3.8, 4) is 11.5 Å². The van der Waals surface area contributed by atoms with Gasteiger partial charge in [0.1, 0.15) is 5.56 Å². The highest BCUT2D eigenvalue weighted by atomic mass is 19.4. The number of fused-ring (bicyclic) bond motifs is 1. The van der Waals surface area contributed by atoms with Crippen molar-refractivity contribution in [3.63, 3.8) is 0 Å². The molecule has 0 amide bonds. The topological polar surface area (TPSA) is 55.8 Å². The van der Waals surface area contributed by atoms with Gasteiger partial charge in [0.05, 0.1) is 19.8 Å². The fourth-order valence-electron chi connectivity index (χ4n) is 4.07. The highest BCUT2D eigenvalue weighted by Gasteiger charge is 2.30. The summed E-state index contributed by atoms with van der Waals surface area (Å²) in [5, 5.41) is 11.2. The van der Waals surface area contributed by atoms with E-state index < -0.39 is 17.7 Å². The van der Waals surface area contributed by atoms with Gasteiger partial charge < -0.3 is 14.6 Å². The van der Waals surface area contributed by atoms with E-state index in [0.717, 1.165) is 34.2 Å². The summed E-state index contributed by atoms with van der Waals surface area (Å²) in [6.45, 7) is 5.88. The highest BCUT2D eigenvalue weighted by Crippen LogP contribution is 2.45. The SMILES string of the molecule is COc1c(OC)c(C(C)C)c2cc(C)c(Cc3ccc(C(F)(F)F)cc3)cc2c1C(=O)O. The lowest BCUT2D eigenvalue weighted by Crippen LogP contribution is -2.08. The van der Waals surface area contributed by atoms with Gasteiger partial charge >= 0.3 is 12.1 Å². The maximum absolute atomic E-state index is 12.9. The summed E-state index contributed by atoms with van der Waals surface area (Å²) in [6, 6.07) is 8.70. The second-order valence-corrected chi connectivity index (χ2v) is 8.01. The lowest BCUT2D eigenvalue weighted by atomic mass is 9.87. The summed E-state index contributed by atoms with van der Waals surface area (Å²) in [5.74, 6) is -0.572. The average Bonchev–Trinajstić information content (AvgIpc) is 2.71. The average molecular weight is 446 g/mol. The molecule has 0 atom stereocenters. The van der Waals surface area contributed by atoms with E-state index in [9.17, 15) is 23.1 Å². The molecule has 0 spiro atoms. The molecule has 3 aromatic carbocycles. The van der Waals surface area contributed by atoms with E-state index in [2.05, 4.69) is 0 Å². The third kappa shape index (κ3) is 4.24. The largest absolute Gasteiger partial charge is 0.493 e.